The summed E-state index contributed by atoms with van der Waals surface area (Å²) in [5.74, 6) is 0.671. The van der Waals surface area contributed by atoms with Crippen LogP contribution in [0.5, 0.6) is 0 Å². The number of fused-ring (bicyclic) bond motifs is 1. The molecule has 2 aromatic rings. The standard InChI is InChI=1S/C27H33N5O3S/c1-17(19-9-12-22-24(16-19)36-26(30-22)29-18(2)33)15-23-25(28-3)31(20-10-11-20)13-14-32(23)27(34)35-21-7-5-4-6-8-21/h9,12,15-16,20-21H,1,4-8,10-11,13-14H2,2-3H3,(H,29,30,33). The van der Waals surface area contributed by atoms with Crippen molar-refractivity contribution < 1.29 is 14.3 Å². The molecule has 0 unspecified atom stereocenters. The quantitative estimate of drug-likeness (QED) is 0.583. The molecule has 3 aliphatic rings. The van der Waals surface area contributed by atoms with Crippen LogP contribution in [-0.2, 0) is 9.53 Å². The number of nitrogens with zero attached hydrogens (tertiary/aromatic N) is 4. The molecule has 1 aromatic heterocycles. The molecule has 2 saturated carbocycles. The summed E-state index contributed by atoms with van der Waals surface area (Å²) in [6, 6.07) is 6.40. The van der Waals surface area contributed by atoms with Crippen LogP contribution in [0.3, 0.4) is 0 Å². The first-order chi connectivity index (χ1) is 17.4. The van der Waals surface area contributed by atoms with Crippen LogP contribution in [0.4, 0.5) is 9.93 Å². The summed E-state index contributed by atoms with van der Waals surface area (Å²) in [5.41, 5.74) is 3.26. The van der Waals surface area contributed by atoms with Crippen LogP contribution >= 0.6 is 11.3 Å². The first kappa shape index (κ1) is 24.5. The molecule has 2 aliphatic carbocycles. The van der Waals surface area contributed by atoms with E-state index in [1.807, 2.05) is 24.3 Å². The van der Waals surface area contributed by atoms with E-state index in [-0.39, 0.29) is 18.1 Å². The second-order valence-electron chi connectivity index (χ2n) is 9.70. The topological polar surface area (TPSA) is 87.1 Å². The maximum Gasteiger partial charge on any atom is 0.414 e. The molecule has 36 heavy (non-hydrogen) atoms. The third kappa shape index (κ3) is 5.31. The minimum atomic E-state index is -0.296. The number of benzene rings is 1. The van der Waals surface area contributed by atoms with Gasteiger partial charge < -0.3 is 15.0 Å². The summed E-state index contributed by atoms with van der Waals surface area (Å²) in [5, 5.41) is 3.32. The van der Waals surface area contributed by atoms with Crippen LogP contribution in [0.25, 0.3) is 15.8 Å². The molecule has 9 heteroatoms. The van der Waals surface area contributed by atoms with Gasteiger partial charge in [0, 0.05) is 33.1 Å². The van der Waals surface area contributed by atoms with Crippen molar-refractivity contribution in [2.45, 2.75) is 64.0 Å². The van der Waals surface area contributed by atoms with Crippen LogP contribution in [0.2, 0.25) is 0 Å². The predicted octanol–water partition coefficient (Wildman–Crippen LogP) is 5.43. The number of amides is 2. The van der Waals surface area contributed by atoms with Crippen LogP contribution in [0.15, 0.2) is 41.5 Å². The summed E-state index contributed by atoms with van der Waals surface area (Å²) >= 11 is 1.42. The summed E-state index contributed by atoms with van der Waals surface area (Å²) in [6.45, 7) is 7.11. The van der Waals surface area contributed by atoms with Crippen molar-refractivity contribution in [3.05, 3.63) is 42.1 Å². The lowest BCUT2D eigenvalue weighted by atomic mass is 9.98. The van der Waals surface area contributed by atoms with Crippen molar-refractivity contribution in [3.8, 4) is 0 Å². The minimum Gasteiger partial charge on any atom is -0.446 e. The highest BCUT2D eigenvalue weighted by Crippen LogP contribution is 2.34. The molecule has 0 spiro atoms. The smallest absolute Gasteiger partial charge is 0.414 e. The fourth-order valence-corrected chi connectivity index (χ4v) is 5.94. The van der Waals surface area contributed by atoms with E-state index in [1.165, 1.54) is 24.7 Å². The minimum absolute atomic E-state index is 0.00859. The number of hydrogen-bond donors (Lipinski definition) is 1. The number of piperazine rings is 1. The number of hydrogen-bond acceptors (Lipinski definition) is 6. The van der Waals surface area contributed by atoms with E-state index in [2.05, 4.69) is 26.8 Å². The Morgan fingerprint density at radius 1 is 1.19 bits per heavy atom. The zero-order chi connectivity index (χ0) is 25.2. The van der Waals surface area contributed by atoms with Crippen LogP contribution in [-0.4, -0.2) is 64.9 Å². The molecule has 5 rings (SSSR count). The molecule has 0 radical (unpaired) electrons. The molecule has 1 aromatic carbocycles. The van der Waals surface area contributed by atoms with Gasteiger partial charge in [0.15, 0.2) is 5.13 Å². The van der Waals surface area contributed by atoms with Gasteiger partial charge in [-0.3, -0.25) is 14.7 Å². The lowest BCUT2D eigenvalue weighted by Gasteiger charge is -2.39. The average molecular weight is 508 g/mol. The number of anilines is 1. The van der Waals surface area contributed by atoms with Crippen molar-refractivity contribution in [3.63, 3.8) is 0 Å². The van der Waals surface area contributed by atoms with Crippen molar-refractivity contribution in [2.75, 3.05) is 25.5 Å². The first-order valence-corrected chi connectivity index (χ1v) is 13.6. The van der Waals surface area contributed by atoms with Crippen LogP contribution in [0, 0.1) is 0 Å². The molecule has 8 nitrogen and oxygen atoms in total. The van der Waals surface area contributed by atoms with Crippen LogP contribution in [0.1, 0.15) is 57.4 Å². The second-order valence-corrected chi connectivity index (χ2v) is 10.7. The van der Waals surface area contributed by atoms with E-state index in [1.54, 1.807) is 11.9 Å². The first-order valence-electron chi connectivity index (χ1n) is 12.7. The maximum absolute atomic E-state index is 13.3. The van der Waals surface area contributed by atoms with Crippen molar-refractivity contribution in [1.82, 2.24) is 14.8 Å². The summed E-state index contributed by atoms with van der Waals surface area (Å²) < 4.78 is 6.90. The highest BCUT2D eigenvalue weighted by Gasteiger charge is 2.39. The number of ether oxygens (including phenoxy) is 1. The van der Waals surface area contributed by atoms with Crippen molar-refractivity contribution >= 4 is 50.1 Å². The highest BCUT2D eigenvalue weighted by molar-refractivity contribution is 7.22. The van der Waals surface area contributed by atoms with E-state index >= 15 is 0 Å². The Bertz CT molecular complexity index is 1240. The van der Waals surface area contributed by atoms with Crippen molar-refractivity contribution in [1.29, 1.82) is 0 Å². The highest BCUT2D eigenvalue weighted by atomic mass is 32.1. The van der Waals surface area contributed by atoms with Gasteiger partial charge in [-0.25, -0.2) is 9.78 Å². The second kappa shape index (κ2) is 10.4. The lowest BCUT2D eigenvalue weighted by Crippen LogP contribution is -2.52. The van der Waals surface area contributed by atoms with E-state index in [0.717, 1.165) is 78.0 Å². The molecule has 0 atom stereocenters. The molecule has 2 heterocycles. The number of allylic oxidation sites excluding steroid dienone is 2. The third-order valence-electron chi connectivity index (χ3n) is 6.95. The number of nitrogens with one attached hydrogen (secondary N) is 1. The average Bonchev–Trinajstić information content (AvgIpc) is 3.63. The fraction of sp³-hybridized carbons (Fsp3) is 0.481. The molecular formula is C27H33N5O3S. The Kier molecular flexibility index (Phi) is 7.09. The van der Waals surface area contributed by atoms with Gasteiger partial charge in [-0.1, -0.05) is 30.4 Å². The number of aromatic nitrogens is 1. The Balaban J connectivity index is 1.43. The van der Waals surface area contributed by atoms with E-state index in [0.29, 0.717) is 17.7 Å². The van der Waals surface area contributed by atoms with E-state index in [4.69, 9.17) is 4.74 Å². The van der Waals surface area contributed by atoms with Gasteiger partial charge in [0.1, 0.15) is 11.9 Å². The molecular weight excluding hydrogens is 474 g/mol. The largest absolute Gasteiger partial charge is 0.446 e. The molecule has 2 amide bonds. The molecule has 1 N–H and O–H groups in total. The molecule has 0 bridgehead atoms. The molecule has 190 valence electrons. The zero-order valence-corrected chi connectivity index (χ0v) is 21.8. The van der Waals surface area contributed by atoms with Crippen molar-refractivity contribution in [2.24, 2.45) is 4.99 Å². The Morgan fingerprint density at radius 2 is 1.97 bits per heavy atom. The summed E-state index contributed by atoms with van der Waals surface area (Å²) in [4.78, 5) is 37.9. The van der Waals surface area contributed by atoms with E-state index in [9.17, 15) is 9.59 Å². The summed E-state index contributed by atoms with van der Waals surface area (Å²) in [6.07, 6.45) is 9.25. The summed E-state index contributed by atoms with van der Waals surface area (Å²) in [7, 11) is 1.78. The number of amidine groups is 1. The Morgan fingerprint density at radius 3 is 2.67 bits per heavy atom. The van der Waals surface area contributed by atoms with E-state index < -0.39 is 0 Å². The number of rotatable bonds is 5. The zero-order valence-electron chi connectivity index (χ0n) is 21.0. The number of thiazole rings is 1. The van der Waals surface area contributed by atoms with Gasteiger partial charge in [-0.2, -0.15) is 0 Å². The van der Waals surface area contributed by atoms with Gasteiger partial charge in [0.2, 0.25) is 5.91 Å². The normalized spacial score (nSPS) is 21.3. The Hall–Kier alpha value is -3.20. The third-order valence-corrected chi connectivity index (χ3v) is 7.88. The Labute approximate surface area is 215 Å². The van der Waals surface area contributed by atoms with Gasteiger partial charge in [-0.05, 0) is 67.9 Å². The predicted molar refractivity (Wildman–Crippen MR) is 144 cm³/mol. The molecule has 1 saturated heterocycles. The molecule has 3 fully saturated rings. The maximum atomic E-state index is 13.3. The van der Waals surface area contributed by atoms with Gasteiger partial charge in [0.25, 0.3) is 0 Å². The number of carbonyl (C=O) groups excluding carboxylic acids is 2. The van der Waals surface area contributed by atoms with Gasteiger partial charge in [-0.15, -0.1) is 0 Å². The number of aliphatic imine (C=N–C) groups is 1. The molecule has 1 aliphatic heterocycles. The fourth-order valence-electron chi connectivity index (χ4n) is 4.98. The van der Waals surface area contributed by atoms with Crippen LogP contribution < -0.4 is 5.32 Å². The number of carbonyl (C=O) groups is 2. The van der Waals surface area contributed by atoms with Gasteiger partial charge in [0.05, 0.1) is 15.9 Å². The van der Waals surface area contributed by atoms with Gasteiger partial charge >= 0.3 is 6.09 Å². The monoisotopic (exact) mass is 507 g/mol. The lowest BCUT2D eigenvalue weighted by molar-refractivity contribution is -0.114. The SMILES string of the molecule is C=C(C=C1C(=NC)N(C2CC2)CCN1C(=O)OC1CCCCC1)c1ccc2nc(NC(C)=O)sc2c1.